The zero-order chi connectivity index (χ0) is 11.4. The molecule has 2 saturated heterocycles. The third kappa shape index (κ3) is 2.95. The standard InChI is InChI=1S/C12H23N3O/c1-11-10-15(7-4-12(11)13-16)9-8-14-5-2-3-6-14/h11,16H,2-10H2,1H3. The SMILES string of the molecule is CC1CN(CCN2CCCC2)CCC1=NO. The molecule has 1 atom stereocenters. The topological polar surface area (TPSA) is 39.1 Å². The van der Waals surface area contributed by atoms with Crippen LogP contribution in [0.3, 0.4) is 0 Å². The Bertz CT molecular complexity index is 249. The highest BCUT2D eigenvalue weighted by Gasteiger charge is 2.22. The molecule has 0 aromatic heterocycles. The minimum absolute atomic E-state index is 0.414. The summed E-state index contributed by atoms with van der Waals surface area (Å²) in [5.74, 6) is 0.414. The summed E-state index contributed by atoms with van der Waals surface area (Å²) in [6, 6.07) is 0. The van der Waals surface area contributed by atoms with E-state index in [0.29, 0.717) is 5.92 Å². The van der Waals surface area contributed by atoms with Crippen molar-refractivity contribution in [3.63, 3.8) is 0 Å². The summed E-state index contributed by atoms with van der Waals surface area (Å²) in [6.07, 6.45) is 3.67. The Morgan fingerprint density at radius 2 is 1.88 bits per heavy atom. The lowest BCUT2D eigenvalue weighted by Crippen LogP contribution is -2.43. The molecule has 0 aliphatic carbocycles. The van der Waals surface area contributed by atoms with E-state index in [0.717, 1.165) is 25.2 Å². The van der Waals surface area contributed by atoms with E-state index in [1.165, 1.54) is 39.0 Å². The van der Waals surface area contributed by atoms with Crippen LogP contribution in [0.1, 0.15) is 26.2 Å². The van der Waals surface area contributed by atoms with E-state index < -0.39 is 0 Å². The van der Waals surface area contributed by atoms with E-state index in [1.54, 1.807) is 0 Å². The average molecular weight is 225 g/mol. The fraction of sp³-hybridized carbons (Fsp3) is 0.917. The van der Waals surface area contributed by atoms with Gasteiger partial charge in [-0.1, -0.05) is 12.1 Å². The van der Waals surface area contributed by atoms with Crippen molar-refractivity contribution in [1.82, 2.24) is 9.80 Å². The molecule has 1 unspecified atom stereocenters. The van der Waals surface area contributed by atoms with Gasteiger partial charge in [-0.3, -0.25) is 0 Å². The van der Waals surface area contributed by atoms with Gasteiger partial charge in [0.05, 0.1) is 5.71 Å². The maximum atomic E-state index is 8.81. The molecule has 0 radical (unpaired) electrons. The molecule has 0 aromatic rings. The molecule has 0 aromatic carbocycles. The lowest BCUT2D eigenvalue weighted by atomic mass is 9.98. The van der Waals surface area contributed by atoms with Crippen LogP contribution in [0.2, 0.25) is 0 Å². The Balaban J connectivity index is 1.71. The molecule has 4 nitrogen and oxygen atoms in total. The van der Waals surface area contributed by atoms with Gasteiger partial charge in [0.1, 0.15) is 0 Å². The van der Waals surface area contributed by atoms with Crippen LogP contribution >= 0.6 is 0 Å². The van der Waals surface area contributed by atoms with E-state index >= 15 is 0 Å². The molecule has 16 heavy (non-hydrogen) atoms. The quantitative estimate of drug-likeness (QED) is 0.580. The molecule has 2 heterocycles. The molecule has 0 saturated carbocycles. The summed E-state index contributed by atoms with van der Waals surface area (Å²) in [7, 11) is 0. The predicted molar refractivity (Wildman–Crippen MR) is 65.1 cm³/mol. The second-order valence-corrected chi connectivity index (χ2v) is 5.09. The predicted octanol–water partition coefficient (Wildman–Crippen LogP) is 1.25. The molecule has 2 rings (SSSR count). The van der Waals surface area contributed by atoms with Crippen LogP contribution in [0, 0.1) is 5.92 Å². The fourth-order valence-electron chi connectivity index (χ4n) is 2.74. The van der Waals surface area contributed by atoms with Crippen LogP contribution in [-0.4, -0.2) is 60.0 Å². The maximum Gasteiger partial charge on any atom is 0.0624 e. The molecule has 0 bridgehead atoms. The van der Waals surface area contributed by atoms with Crippen LogP contribution in [0.15, 0.2) is 5.16 Å². The highest BCUT2D eigenvalue weighted by atomic mass is 16.4. The summed E-state index contributed by atoms with van der Waals surface area (Å²) in [4.78, 5) is 5.05. The molecular weight excluding hydrogens is 202 g/mol. The van der Waals surface area contributed by atoms with E-state index in [4.69, 9.17) is 5.21 Å². The minimum atomic E-state index is 0.414. The van der Waals surface area contributed by atoms with Crippen molar-refractivity contribution < 1.29 is 5.21 Å². The number of likely N-dealkylation sites (tertiary alicyclic amines) is 2. The van der Waals surface area contributed by atoms with Gasteiger partial charge in [0, 0.05) is 38.5 Å². The van der Waals surface area contributed by atoms with Gasteiger partial charge in [0.15, 0.2) is 0 Å². The van der Waals surface area contributed by atoms with E-state index in [9.17, 15) is 0 Å². The van der Waals surface area contributed by atoms with Crippen molar-refractivity contribution in [2.75, 3.05) is 39.3 Å². The largest absolute Gasteiger partial charge is 0.411 e. The summed E-state index contributed by atoms with van der Waals surface area (Å²) >= 11 is 0. The van der Waals surface area contributed by atoms with Crippen molar-refractivity contribution in [3.8, 4) is 0 Å². The van der Waals surface area contributed by atoms with Gasteiger partial charge >= 0.3 is 0 Å². The van der Waals surface area contributed by atoms with Crippen LogP contribution in [0.25, 0.3) is 0 Å². The molecular formula is C12H23N3O. The lowest BCUT2D eigenvalue weighted by molar-refractivity contribution is 0.203. The summed E-state index contributed by atoms with van der Waals surface area (Å²) < 4.78 is 0. The van der Waals surface area contributed by atoms with Crippen molar-refractivity contribution in [2.24, 2.45) is 11.1 Å². The number of hydrogen-bond donors (Lipinski definition) is 1. The number of nitrogens with zero attached hydrogens (tertiary/aromatic N) is 3. The second-order valence-electron chi connectivity index (χ2n) is 5.09. The Hall–Kier alpha value is -0.610. The van der Waals surface area contributed by atoms with E-state index in [1.807, 2.05) is 0 Å². The van der Waals surface area contributed by atoms with Gasteiger partial charge in [-0.25, -0.2) is 0 Å². The van der Waals surface area contributed by atoms with Crippen LogP contribution < -0.4 is 0 Å². The van der Waals surface area contributed by atoms with Crippen molar-refractivity contribution in [3.05, 3.63) is 0 Å². The number of oxime groups is 1. The average Bonchev–Trinajstić information content (AvgIpc) is 2.79. The van der Waals surface area contributed by atoms with Crippen LogP contribution in [0.5, 0.6) is 0 Å². The highest BCUT2D eigenvalue weighted by Crippen LogP contribution is 2.14. The summed E-state index contributed by atoms with van der Waals surface area (Å²) in [5, 5.41) is 12.2. The first-order chi connectivity index (χ1) is 7.79. The number of rotatable bonds is 3. The van der Waals surface area contributed by atoms with Gasteiger partial charge in [0.2, 0.25) is 0 Å². The molecule has 0 spiro atoms. The van der Waals surface area contributed by atoms with Crippen molar-refractivity contribution >= 4 is 5.71 Å². The summed E-state index contributed by atoms with van der Waals surface area (Å²) in [6.45, 7) is 9.20. The molecule has 2 aliphatic heterocycles. The number of hydrogen-bond acceptors (Lipinski definition) is 4. The molecule has 2 fully saturated rings. The maximum absolute atomic E-state index is 8.81. The highest BCUT2D eigenvalue weighted by molar-refractivity contribution is 5.86. The van der Waals surface area contributed by atoms with Gasteiger partial charge in [-0.05, 0) is 25.9 Å². The third-order valence-electron chi connectivity index (χ3n) is 3.84. The summed E-state index contributed by atoms with van der Waals surface area (Å²) in [5.41, 5.74) is 0.970. The van der Waals surface area contributed by atoms with E-state index in [2.05, 4.69) is 21.9 Å². The molecule has 1 N–H and O–H groups in total. The van der Waals surface area contributed by atoms with Crippen LogP contribution in [0.4, 0.5) is 0 Å². The Labute approximate surface area is 97.9 Å². The first-order valence-electron chi connectivity index (χ1n) is 6.45. The molecule has 92 valence electrons. The Morgan fingerprint density at radius 3 is 2.50 bits per heavy atom. The molecule has 0 amide bonds. The minimum Gasteiger partial charge on any atom is -0.411 e. The Kier molecular flexibility index (Phi) is 4.18. The van der Waals surface area contributed by atoms with Gasteiger partial charge in [-0.15, -0.1) is 0 Å². The van der Waals surface area contributed by atoms with Gasteiger partial charge < -0.3 is 15.0 Å². The molecule has 4 heteroatoms. The lowest BCUT2D eigenvalue weighted by Gasteiger charge is -2.32. The van der Waals surface area contributed by atoms with Crippen LogP contribution in [-0.2, 0) is 0 Å². The zero-order valence-electron chi connectivity index (χ0n) is 10.2. The van der Waals surface area contributed by atoms with E-state index in [-0.39, 0.29) is 0 Å². The first kappa shape index (κ1) is 11.9. The molecule has 2 aliphatic rings. The number of piperidine rings is 1. The van der Waals surface area contributed by atoms with Crippen molar-refractivity contribution in [1.29, 1.82) is 0 Å². The second kappa shape index (κ2) is 5.64. The third-order valence-corrected chi connectivity index (χ3v) is 3.84. The smallest absolute Gasteiger partial charge is 0.0624 e. The normalized spacial score (nSPS) is 31.3. The fourth-order valence-corrected chi connectivity index (χ4v) is 2.74. The monoisotopic (exact) mass is 225 g/mol. The Morgan fingerprint density at radius 1 is 1.19 bits per heavy atom. The zero-order valence-corrected chi connectivity index (χ0v) is 10.2. The van der Waals surface area contributed by atoms with Crippen molar-refractivity contribution in [2.45, 2.75) is 26.2 Å². The first-order valence-corrected chi connectivity index (χ1v) is 6.45. The van der Waals surface area contributed by atoms with Gasteiger partial charge in [0.25, 0.3) is 0 Å². The van der Waals surface area contributed by atoms with Gasteiger partial charge in [-0.2, -0.15) is 0 Å².